The Morgan fingerprint density at radius 3 is 2.38 bits per heavy atom. The molecule has 0 rings (SSSR count). The summed E-state index contributed by atoms with van der Waals surface area (Å²) in [7, 11) is 4.05. The molecule has 0 fully saturated rings. The van der Waals surface area contributed by atoms with Crippen molar-refractivity contribution >= 4 is 21.8 Å². The standard InChI is InChI=1S/C9H19BrN2O/c1-9(2,10)8(13)11-6-5-7-12(3)4/h5-7H2,1-4H3,(H,11,13). The summed E-state index contributed by atoms with van der Waals surface area (Å²) in [5.41, 5.74) is 0. The van der Waals surface area contributed by atoms with Crippen LogP contribution in [-0.4, -0.2) is 42.3 Å². The molecule has 4 heteroatoms. The summed E-state index contributed by atoms with van der Waals surface area (Å²) in [4.78, 5) is 13.4. The number of amides is 1. The zero-order chi connectivity index (χ0) is 10.5. The molecule has 0 saturated heterocycles. The normalized spacial score (nSPS) is 11.8. The number of hydrogen-bond donors (Lipinski definition) is 1. The molecule has 0 bridgehead atoms. The highest BCUT2D eigenvalue weighted by atomic mass is 79.9. The molecule has 13 heavy (non-hydrogen) atoms. The first kappa shape index (κ1) is 12.9. The molecule has 1 amide bonds. The minimum absolute atomic E-state index is 0.0475. The summed E-state index contributed by atoms with van der Waals surface area (Å²) in [6, 6.07) is 0. The van der Waals surface area contributed by atoms with E-state index in [0.29, 0.717) is 0 Å². The molecule has 78 valence electrons. The Bertz CT molecular complexity index is 163. The van der Waals surface area contributed by atoms with Gasteiger partial charge in [0.25, 0.3) is 0 Å². The fourth-order valence-electron chi connectivity index (χ4n) is 0.807. The Kier molecular flexibility index (Phi) is 5.56. The predicted molar refractivity (Wildman–Crippen MR) is 59.2 cm³/mol. The van der Waals surface area contributed by atoms with Gasteiger partial charge in [-0.2, -0.15) is 0 Å². The molecule has 0 saturated carbocycles. The van der Waals surface area contributed by atoms with Crippen molar-refractivity contribution in [1.82, 2.24) is 10.2 Å². The molecule has 1 N–H and O–H groups in total. The molecule has 0 aromatic carbocycles. The van der Waals surface area contributed by atoms with E-state index in [2.05, 4.69) is 26.1 Å². The lowest BCUT2D eigenvalue weighted by atomic mass is 10.2. The lowest BCUT2D eigenvalue weighted by Crippen LogP contribution is -2.38. The monoisotopic (exact) mass is 250 g/mol. The van der Waals surface area contributed by atoms with Crippen LogP contribution in [0.5, 0.6) is 0 Å². The minimum atomic E-state index is -0.453. The van der Waals surface area contributed by atoms with Crippen molar-refractivity contribution in [2.24, 2.45) is 0 Å². The van der Waals surface area contributed by atoms with Gasteiger partial charge in [-0.25, -0.2) is 0 Å². The van der Waals surface area contributed by atoms with Crippen LogP contribution in [-0.2, 0) is 4.79 Å². The van der Waals surface area contributed by atoms with Crippen molar-refractivity contribution in [2.75, 3.05) is 27.2 Å². The van der Waals surface area contributed by atoms with E-state index in [0.717, 1.165) is 19.5 Å². The van der Waals surface area contributed by atoms with Crippen LogP contribution in [0.1, 0.15) is 20.3 Å². The van der Waals surface area contributed by atoms with Gasteiger partial charge in [0, 0.05) is 6.54 Å². The molecule has 0 aliphatic heterocycles. The molecule has 0 spiro atoms. The molecule has 0 unspecified atom stereocenters. The number of nitrogens with one attached hydrogen (secondary N) is 1. The number of halogens is 1. The Hall–Kier alpha value is -0.0900. The van der Waals surface area contributed by atoms with Gasteiger partial charge >= 0.3 is 0 Å². The van der Waals surface area contributed by atoms with Crippen LogP contribution >= 0.6 is 15.9 Å². The topological polar surface area (TPSA) is 32.3 Å². The van der Waals surface area contributed by atoms with Crippen LogP contribution in [0.15, 0.2) is 0 Å². The second-order valence-electron chi connectivity index (χ2n) is 3.89. The summed E-state index contributed by atoms with van der Waals surface area (Å²) in [5, 5.41) is 2.87. The largest absolute Gasteiger partial charge is 0.355 e. The summed E-state index contributed by atoms with van der Waals surface area (Å²) < 4.78 is -0.453. The van der Waals surface area contributed by atoms with E-state index in [1.165, 1.54) is 0 Å². The van der Waals surface area contributed by atoms with E-state index in [1.807, 2.05) is 27.9 Å². The number of nitrogens with zero attached hydrogens (tertiary/aromatic N) is 1. The van der Waals surface area contributed by atoms with E-state index >= 15 is 0 Å². The van der Waals surface area contributed by atoms with Gasteiger partial charge < -0.3 is 10.2 Å². The zero-order valence-electron chi connectivity index (χ0n) is 8.85. The molecule has 0 aliphatic rings. The number of alkyl halides is 1. The first-order chi connectivity index (χ1) is 5.84. The maximum Gasteiger partial charge on any atom is 0.236 e. The summed E-state index contributed by atoms with van der Waals surface area (Å²) in [5.74, 6) is 0.0475. The average Bonchev–Trinajstić information content (AvgIpc) is 1.95. The quantitative estimate of drug-likeness (QED) is 0.588. The lowest BCUT2D eigenvalue weighted by Gasteiger charge is -2.16. The van der Waals surface area contributed by atoms with Gasteiger partial charge in [0.1, 0.15) is 0 Å². The van der Waals surface area contributed by atoms with Crippen molar-refractivity contribution in [1.29, 1.82) is 0 Å². The van der Waals surface area contributed by atoms with Gasteiger partial charge in [0.05, 0.1) is 4.32 Å². The predicted octanol–water partition coefficient (Wildman–Crippen LogP) is 1.23. The number of rotatable bonds is 5. The Labute approximate surface area is 89.0 Å². The highest BCUT2D eigenvalue weighted by molar-refractivity contribution is 9.10. The fraction of sp³-hybridized carbons (Fsp3) is 0.889. The molecule has 3 nitrogen and oxygen atoms in total. The fourth-order valence-corrected chi connectivity index (χ4v) is 0.948. The van der Waals surface area contributed by atoms with E-state index in [1.54, 1.807) is 0 Å². The molecule has 0 aliphatic carbocycles. The summed E-state index contributed by atoms with van der Waals surface area (Å²) in [6.45, 7) is 5.43. The minimum Gasteiger partial charge on any atom is -0.355 e. The number of carbonyl (C=O) groups is 1. The second kappa shape index (κ2) is 5.60. The van der Waals surface area contributed by atoms with Gasteiger partial charge in [-0.3, -0.25) is 4.79 Å². The van der Waals surface area contributed by atoms with Crippen LogP contribution in [0.25, 0.3) is 0 Å². The maximum atomic E-state index is 11.3. The van der Waals surface area contributed by atoms with Crippen LogP contribution < -0.4 is 5.32 Å². The van der Waals surface area contributed by atoms with Gasteiger partial charge in [0.15, 0.2) is 0 Å². The molecule has 0 atom stereocenters. The Balaban J connectivity index is 3.49. The van der Waals surface area contributed by atoms with Crippen molar-refractivity contribution in [3.63, 3.8) is 0 Å². The van der Waals surface area contributed by atoms with Gasteiger partial charge in [-0.1, -0.05) is 15.9 Å². The second-order valence-corrected chi connectivity index (χ2v) is 5.87. The van der Waals surface area contributed by atoms with Crippen LogP contribution in [0.2, 0.25) is 0 Å². The molecular weight excluding hydrogens is 232 g/mol. The maximum absolute atomic E-state index is 11.3. The third-order valence-electron chi connectivity index (χ3n) is 1.61. The molecule has 0 heterocycles. The highest BCUT2D eigenvalue weighted by Gasteiger charge is 2.22. The third kappa shape index (κ3) is 7.02. The molecule has 0 aromatic heterocycles. The van der Waals surface area contributed by atoms with Gasteiger partial charge in [-0.15, -0.1) is 0 Å². The molecular formula is C9H19BrN2O. The Morgan fingerprint density at radius 1 is 1.46 bits per heavy atom. The van der Waals surface area contributed by atoms with E-state index < -0.39 is 4.32 Å². The first-order valence-electron chi connectivity index (χ1n) is 4.46. The van der Waals surface area contributed by atoms with Crippen molar-refractivity contribution in [3.05, 3.63) is 0 Å². The zero-order valence-corrected chi connectivity index (χ0v) is 10.4. The average molecular weight is 251 g/mol. The molecule has 0 radical (unpaired) electrons. The van der Waals surface area contributed by atoms with Crippen LogP contribution in [0, 0.1) is 0 Å². The van der Waals surface area contributed by atoms with Crippen LogP contribution in [0.4, 0.5) is 0 Å². The highest BCUT2D eigenvalue weighted by Crippen LogP contribution is 2.14. The Morgan fingerprint density at radius 2 is 2.00 bits per heavy atom. The SMILES string of the molecule is CN(C)CCCNC(=O)C(C)(C)Br. The van der Waals surface area contributed by atoms with Crippen LogP contribution in [0.3, 0.4) is 0 Å². The summed E-state index contributed by atoms with van der Waals surface area (Å²) in [6.07, 6.45) is 0.988. The van der Waals surface area contributed by atoms with Crippen molar-refractivity contribution < 1.29 is 4.79 Å². The number of hydrogen-bond acceptors (Lipinski definition) is 2. The summed E-state index contributed by atoms with van der Waals surface area (Å²) >= 11 is 3.30. The van der Waals surface area contributed by atoms with Crippen molar-refractivity contribution in [3.8, 4) is 0 Å². The van der Waals surface area contributed by atoms with E-state index in [9.17, 15) is 4.79 Å². The van der Waals surface area contributed by atoms with Gasteiger partial charge in [0.2, 0.25) is 5.91 Å². The van der Waals surface area contributed by atoms with E-state index in [4.69, 9.17) is 0 Å². The lowest BCUT2D eigenvalue weighted by molar-refractivity contribution is -0.122. The first-order valence-corrected chi connectivity index (χ1v) is 5.25. The smallest absolute Gasteiger partial charge is 0.236 e. The molecule has 0 aromatic rings. The van der Waals surface area contributed by atoms with Crippen molar-refractivity contribution in [2.45, 2.75) is 24.6 Å². The number of carbonyl (C=O) groups excluding carboxylic acids is 1. The van der Waals surface area contributed by atoms with E-state index in [-0.39, 0.29) is 5.91 Å². The van der Waals surface area contributed by atoms with Gasteiger partial charge in [-0.05, 0) is 40.9 Å². The third-order valence-corrected chi connectivity index (χ3v) is 1.97.